The third kappa shape index (κ3) is 3.28. The molecule has 0 spiro atoms. The number of nitrogens with one attached hydrogen (secondary N) is 1. The van der Waals surface area contributed by atoms with E-state index in [-0.39, 0.29) is 0 Å². The molecule has 33 heavy (non-hydrogen) atoms. The SMILES string of the molecule is CN1C=CN(c2cccc(N(C)c3ccc4c5ccccc5n(-c5ccccn5)c4c3)c2)N1. The lowest BCUT2D eigenvalue weighted by atomic mass is 10.1. The summed E-state index contributed by atoms with van der Waals surface area (Å²) in [5, 5.41) is 6.36. The normalized spacial score (nSPS) is 13.4. The number of hydrogen-bond acceptors (Lipinski definition) is 5. The van der Waals surface area contributed by atoms with Crippen LogP contribution in [0.15, 0.2) is 104 Å². The van der Waals surface area contributed by atoms with Crippen LogP contribution in [0.2, 0.25) is 0 Å². The van der Waals surface area contributed by atoms with Gasteiger partial charge in [-0.15, -0.1) is 5.53 Å². The van der Waals surface area contributed by atoms with Crippen molar-refractivity contribution in [3.05, 3.63) is 104 Å². The average molecular weight is 433 g/mol. The van der Waals surface area contributed by atoms with Crippen LogP contribution in [0, 0.1) is 0 Å². The van der Waals surface area contributed by atoms with E-state index in [1.54, 1.807) is 0 Å². The molecule has 5 aromatic rings. The standard InChI is InChI=1S/C27H24N6/c1-30-16-17-32(29-30)22-9-7-8-20(18-22)31(2)21-13-14-24-23-10-3-4-11-25(23)33(26(24)19-21)27-12-5-6-15-28-27/h3-19,29H,1-2H3. The van der Waals surface area contributed by atoms with Gasteiger partial charge in [0, 0.05) is 54.8 Å². The zero-order chi connectivity index (χ0) is 22.4. The Kier molecular flexibility index (Phi) is 4.52. The highest BCUT2D eigenvalue weighted by molar-refractivity contribution is 6.10. The fourth-order valence-corrected chi connectivity index (χ4v) is 4.45. The van der Waals surface area contributed by atoms with Crippen molar-refractivity contribution < 1.29 is 0 Å². The summed E-state index contributed by atoms with van der Waals surface area (Å²) in [6, 6.07) is 29.7. The Labute approximate surface area is 192 Å². The Balaban J connectivity index is 1.46. The topological polar surface area (TPSA) is 39.6 Å². The summed E-state index contributed by atoms with van der Waals surface area (Å²) in [6.07, 6.45) is 5.84. The van der Waals surface area contributed by atoms with Crippen LogP contribution in [0.1, 0.15) is 0 Å². The number of hydrazine groups is 2. The molecule has 0 amide bonds. The number of hydrogen-bond donors (Lipinski definition) is 1. The molecule has 0 aliphatic carbocycles. The molecule has 0 saturated carbocycles. The van der Waals surface area contributed by atoms with Gasteiger partial charge in [-0.3, -0.25) is 14.6 Å². The molecular formula is C27H24N6. The summed E-state index contributed by atoms with van der Waals surface area (Å²) in [5.74, 6) is 0.918. The van der Waals surface area contributed by atoms with Crippen molar-refractivity contribution in [3.63, 3.8) is 0 Å². The van der Waals surface area contributed by atoms with Crippen molar-refractivity contribution in [2.75, 3.05) is 24.0 Å². The summed E-state index contributed by atoms with van der Waals surface area (Å²) < 4.78 is 2.24. The maximum Gasteiger partial charge on any atom is 0.137 e. The number of para-hydroxylation sites is 1. The first-order valence-corrected chi connectivity index (χ1v) is 10.9. The van der Waals surface area contributed by atoms with Crippen LogP contribution < -0.4 is 15.4 Å². The van der Waals surface area contributed by atoms with Crippen LogP contribution in [0.5, 0.6) is 0 Å². The van der Waals surface area contributed by atoms with E-state index in [0.717, 1.165) is 33.9 Å². The molecule has 0 radical (unpaired) electrons. The summed E-state index contributed by atoms with van der Waals surface area (Å²) in [4.78, 5) is 6.86. The van der Waals surface area contributed by atoms with E-state index in [9.17, 15) is 0 Å². The predicted molar refractivity (Wildman–Crippen MR) is 136 cm³/mol. The Hall–Kier alpha value is -4.29. The minimum Gasteiger partial charge on any atom is -0.344 e. The quantitative estimate of drug-likeness (QED) is 0.401. The van der Waals surface area contributed by atoms with Gasteiger partial charge in [0.05, 0.1) is 16.7 Å². The van der Waals surface area contributed by atoms with Crippen LogP contribution in [0.4, 0.5) is 17.1 Å². The van der Waals surface area contributed by atoms with E-state index >= 15 is 0 Å². The Bertz CT molecular complexity index is 1490. The second kappa shape index (κ2) is 7.69. The lowest BCUT2D eigenvalue weighted by Crippen LogP contribution is -2.36. The lowest BCUT2D eigenvalue weighted by Gasteiger charge is -2.24. The van der Waals surface area contributed by atoms with Crippen LogP contribution in [0.25, 0.3) is 27.6 Å². The fourth-order valence-electron chi connectivity index (χ4n) is 4.45. The third-order valence-corrected chi connectivity index (χ3v) is 6.12. The van der Waals surface area contributed by atoms with Crippen molar-refractivity contribution in [1.29, 1.82) is 0 Å². The molecule has 1 aliphatic rings. The van der Waals surface area contributed by atoms with E-state index in [0.29, 0.717) is 0 Å². The maximum atomic E-state index is 4.64. The molecule has 0 atom stereocenters. The van der Waals surface area contributed by atoms with Gasteiger partial charge in [0.15, 0.2) is 0 Å². The number of aromatic nitrogens is 2. The Morgan fingerprint density at radius 1 is 0.758 bits per heavy atom. The highest BCUT2D eigenvalue weighted by atomic mass is 15.8. The highest BCUT2D eigenvalue weighted by Gasteiger charge is 2.16. The van der Waals surface area contributed by atoms with Crippen LogP contribution >= 0.6 is 0 Å². The van der Waals surface area contributed by atoms with E-state index in [1.807, 2.05) is 47.8 Å². The van der Waals surface area contributed by atoms with Crippen LogP contribution in [0.3, 0.4) is 0 Å². The summed E-state index contributed by atoms with van der Waals surface area (Å²) in [5.41, 5.74) is 8.86. The smallest absolute Gasteiger partial charge is 0.137 e. The van der Waals surface area contributed by atoms with Gasteiger partial charge in [-0.2, -0.15) is 0 Å². The first-order valence-electron chi connectivity index (χ1n) is 10.9. The van der Waals surface area contributed by atoms with E-state index < -0.39 is 0 Å². The summed E-state index contributed by atoms with van der Waals surface area (Å²) >= 11 is 0. The highest BCUT2D eigenvalue weighted by Crippen LogP contribution is 2.35. The second-order valence-corrected chi connectivity index (χ2v) is 8.20. The van der Waals surface area contributed by atoms with Crippen molar-refractivity contribution in [3.8, 4) is 5.82 Å². The molecule has 3 aromatic carbocycles. The van der Waals surface area contributed by atoms with Gasteiger partial charge in [0.2, 0.25) is 0 Å². The average Bonchev–Trinajstić information content (AvgIpc) is 3.45. The number of benzene rings is 3. The summed E-state index contributed by atoms with van der Waals surface area (Å²) in [6.45, 7) is 0. The molecule has 6 heteroatoms. The second-order valence-electron chi connectivity index (χ2n) is 8.20. The van der Waals surface area contributed by atoms with E-state index in [4.69, 9.17) is 0 Å². The molecule has 1 aliphatic heterocycles. The molecule has 0 bridgehead atoms. The summed E-state index contributed by atoms with van der Waals surface area (Å²) in [7, 11) is 4.08. The number of rotatable bonds is 4. The van der Waals surface area contributed by atoms with Gasteiger partial charge < -0.3 is 4.90 Å². The van der Waals surface area contributed by atoms with Crippen molar-refractivity contribution >= 4 is 38.9 Å². The molecule has 2 aromatic heterocycles. The maximum absolute atomic E-state index is 4.64. The number of nitrogens with zero attached hydrogens (tertiary/aromatic N) is 5. The first-order chi connectivity index (χ1) is 16.2. The van der Waals surface area contributed by atoms with Crippen molar-refractivity contribution in [1.82, 2.24) is 20.1 Å². The Morgan fingerprint density at radius 3 is 2.39 bits per heavy atom. The van der Waals surface area contributed by atoms with Crippen molar-refractivity contribution in [2.45, 2.75) is 0 Å². The minimum atomic E-state index is 0.918. The Morgan fingerprint density at radius 2 is 1.58 bits per heavy atom. The predicted octanol–water partition coefficient (Wildman–Crippen LogP) is 5.59. The number of pyridine rings is 1. The molecule has 6 nitrogen and oxygen atoms in total. The first kappa shape index (κ1) is 19.4. The minimum absolute atomic E-state index is 0.918. The zero-order valence-electron chi connectivity index (χ0n) is 18.6. The van der Waals surface area contributed by atoms with Crippen molar-refractivity contribution in [2.24, 2.45) is 0 Å². The molecule has 1 N–H and O–H groups in total. The molecule has 0 unspecified atom stereocenters. The molecule has 0 fully saturated rings. The van der Waals surface area contributed by atoms with E-state index in [2.05, 4.69) is 99.8 Å². The third-order valence-electron chi connectivity index (χ3n) is 6.12. The number of anilines is 3. The molecule has 6 rings (SSSR count). The largest absolute Gasteiger partial charge is 0.344 e. The number of fused-ring (bicyclic) bond motifs is 3. The van der Waals surface area contributed by atoms with Crippen LogP contribution in [-0.2, 0) is 0 Å². The van der Waals surface area contributed by atoms with Gasteiger partial charge in [-0.1, -0.05) is 36.4 Å². The molecule has 162 valence electrons. The molecular weight excluding hydrogens is 408 g/mol. The van der Waals surface area contributed by atoms with E-state index in [1.165, 1.54) is 10.8 Å². The lowest BCUT2D eigenvalue weighted by molar-refractivity contribution is 0.359. The van der Waals surface area contributed by atoms with Gasteiger partial charge in [0.1, 0.15) is 5.82 Å². The fraction of sp³-hybridized carbons (Fsp3) is 0.0741. The molecule has 0 saturated heterocycles. The van der Waals surface area contributed by atoms with Gasteiger partial charge in [0.25, 0.3) is 0 Å². The van der Waals surface area contributed by atoms with Gasteiger partial charge in [-0.25, -0.2) is 4.98 Å². The zero-order valence-corrected chi connectivity index (χ0v) is 18.6. The van der Waals surface area contributed by atoms with Crippen LogP contribution in [-0.4, -0.2) is 28.7 Å². The monoisotopic (exact) mass is 432 g/mol. The van der Waals surface area contributed by atoms with Gasteiger partial charge >= 0.3 is 0 Å². The molecule has 3 heterocycles. The van der Waals surface area contributed by atoms with Gasteiger partial charge in [-0.05, 0) is 48.5 Å².